The summed E-state index contributed by atoms with van der Waals surface area (Å²) >= 11 is 1.02. The molecule has 1 aromatic heterocycles. The van der Waals surface area contributed by atoms with Gasteiger partial charge in [0.1, 0.15) is 17.4 Å². The van der Waals surface area contributed by atoms with Crippen LogP contribution in [0.4, 0.5) is 14.5 Å². The van der Waals surface area contributed by atoms with Gasteiger partial charge in [0.2, 0.25) is 11.1 Å². The minimum absolute atomic E-state index is 0.103. The lowest BCUT2D eigenvalue weighted by molar-refractivity contribution is -0.113. The molecule has 0 spiro atoms. The van der Waals surface area contributed by atoms with E-state index in [4.69, 9.17) is 10.6 Å². The van der Waals surface area contributed by atoms with Gasteiger partial charge in [-0.15, -0.1) is 10.2 Å². The van der Waals surface area contributed by atoms with Gasteiger partial charge in [0.15, 0.2) is 5.82 Å². The lowest BCUT2D eigenvalue weighted by Crippen LogP contribution is -2.17. The van der Waals surface area contributed by atoms with E-state index in [-0.39, 0.29) is 11.4 Å². The van der Waals surface area contributed by atoms with E-state index >= 15 is 0 Å². The van der Waals surface area contributed by atoms with Gasteiger partial charge >= 0.3 is 0 Å². The van der Waals surface area contributed by atoms with Crippen molar-refractivity contribution in [2.75, 3.05) is 24.0 Å². The van der Waals surface area contributed by atoms with E-state index < -0.39 is 17.5 Å². The largest absolute Gasteiger partial charge is 0.497 e. The summed E-state index contributed by atoms with van der Waals surface area (Å²) in [4.78, 5) is 12.0. The zero-order chi connectivity index (χ0) is 19.4. The highest BCUT2D eigenvalue weighted by atomic mass is 32.2. The Labute approximate surface area is 157 Å². The number of carbonyl (C=O) groups is 1. The summed E-state index contributed by atoms with van der Waals surface area (Å²) in [5, 5.41) is 10.6. The first-order valence-corrected chi connectivity index (χ1v) is 8.69. The van der Waals surface area contributed by atoms with Crippen molar-refractivity contribution in [3.8, 4) is 17.1 Å². The van der Waals surface area contributed by atoms with Crippen molar-refractivity contribution >= 4 is 23.4 Å². The molecule has 0 atom stereocenters. The van der Waals surface area contributed by atoms with E-state index in [1.165, 1.54) is 4.68 Å². The SMILES string of the molecule is COc1ccc(-c2nnc(SCC(=O)Nc3cc(F)ccc3F)n2N)cc1. The van der Waals surface area contributed by atoms with Gasteiger partial charge in [-0.1, -0.05) is 11.8 Å². The van der Waals surface area contributed by atoms with Gasteiger partial charge in [-0.2, -0.15) is 0 Å². The van der Waals surface area contributed by atoms with Gasteiger partial charge in [-0.05, 0) is 36.4 Å². The van der Waals surface area contributed by atoms with E-state index in [2.05, 4.69) is 15.5 Å². The van der Waals surface area contributed by atoms with E-state index in [1.54, 1.807) is 31.4 Å². The number of hydrogen-bond acceptors (Lipinski definition) is 6. The van der Waals surface area contributed by atoms with Crippen molar-refractivity contribution in [1.82, 2.24) is 14.9 Å². The molecule has 0 aliphatic rings. The van der Waals surface area contributed by atoms with Gasteiger partial charge in [-0.25, -0.2) is 13.5 Å². The molecule has 0 unspecified atom stereocenters. The first-order chi connectivity index (χ1) is 13.0. The number of anilines is 1. The standard InChI is InChI=1S/C17H15F2N5O2S/c1-26-12-5-2-10(3-6-12)16-22-23-17(24(16)20)27-9-15(25)21-14-8-11(18)4-7-13(14)19/h2-8H,9,20H2,1H3,(H,21,25). The maximum absolute atomic E-state index is 13.6. The van der Waals surface area contributed by atoms with Crippen LogP contribution in [0.2, 0.25) is 0 Å². The summed E-state index contributed by atoms with van der Waals surface area (Å²) in [6.45, 7) is 0. The zero-order valence-electron chi connectivity index (χ0n) is 14.1. The fraction of sp³-hybridized carbons (Fsp3) is 0.118. The first-order valence-electron chi connectivity index (χ1n) is 7.70. The molecule has 0 aliphatic carbocycles. The summed E-state index contributed by atoms with van der Waals surface area (Å²) in [5.74, 6) is 5.09. The van der Waals surface area contributed by atoms with Crippen LogP contribution in [-0.2, 0) is 4.79 Å². The van der Waals surface area contributed by atoms with Crippen molar-refractivity contribution in [2.24, 2.45) is 0 Å². The number of thioether (sulfide) groups is 1. The third-order valence-electron chi connectivity index (χ3n) is 3.55. The highest BCUT2D eigenvalue weighted by molar-refractivity contribution is 7.99. The molecule has 10 heteroatoms. The Balaban J connectivity index is 1.65. The van der Waals surface area contributed by atoms with Crippen LogP contribution < -0.4 is 15.9 Å². The molecule has 1 heterocycles. The highest BCUT2D eigenvalue weighted by Gasteiger charge is 2.15. The van der Waals surface area contributed by atoms with E-state index in [0.29, 0.717) is 16.7 Å². The third kappa shape index (κ3) is 4.34. The molecule has 3 rings (SSSR count). The van der Waals surface area contributed by atoms with Crippen LogP contribution in [0, 0.1) is 11.6 Å². The molecule has 27 heavy (non-hydrogen) atoms. The summed E-state index contributed by atoms with van der Waals surface area (Å²) in [7, 11) is 1.57. The smallest absolute Gasteiger partial charge is 0.234 e. The van der Waals surface area contributed by atoms with Crippen molar-refractivity contribution in [3.63, 3.8) is 0 Å². The number of rotatable bonds is 6. The number of benzene rings is 2. The van der Waals surface area contributed by atoms with Gasteiger partial charge in [0, 0.05) is 11.6 Å². The van der Waals surface area contributed by atoms with Gasteiger partial charge < -0.3 is 15.9 Å². The molecule has 3 N–H and O–H groups in total. The van der Waals surface area contributed by atoms with E-state index in [9.17, 15) is 13.6 Å². The Morgan fingerprint density at radius 3 is 2.67 bits per heavy atom. The van der Waals surface area contributed by atoms with Crippen molar-refractivity contribution < 1.29 is 18.3 Å². The van der Waals surface area contributed by atoms with Crippen LogP contribution in [-0.4, -0.2) is 33.6 Å². The number of amides is 1. The topological polar surface area (TPSA) is 95.1 Å². The van der Waals surface area contributed by atoms with Crippen molar-refractivity contribution in [3.05, 3.63) is 54.1 Å². The number of methoxy groups -OCH3 is 1. The average Bonchev–Trinajstić information content (AvgIpc) is 3.03. The number of carbonyl (C=O) groups excluding carboxylic acids is 1. The van der Waals surface area contributed by atoms with Gasteiger partial charge in [0.25, 0.3) is 0 Å². The Hall–Kier alpha value is -3.14. The van der Waals surface area contributed by atoms with Crippen LogP contribution >= 0.6 is 11.8 Å². The predicted octanol–water partition coefficient (Wildman–Crippen LogP) is 2.68. The summed E-state index contributed by atoms with van der Waals surface area (Å²) in [5.41, 5.74) is 0.498. The van der Waals surface area contributed by atoms with Crippen LogP contribution in [0.5, 0.6) is 5.75 Å². The maximum atomic E-state index is 13.6. The Morgan fingerprint density at radius 2 is 1.96 bits per heavy atom. The van der Waals surface area contributed by atoms with Crippen molar-refractivity contribution in [1.29, 1.82) is 0 Å². The molecule has 0 fully saturated rings. The molecule has 0 aliphatic heterocycles. The average molecular weight is 391 g/mol. The molecule has 1 amide bonds. The number of nitrogens with one attached hydrogen (secondary N) is 1. The molecular formula is C17H15F2N5O2S. The Kier molecular flexibility index (Phi) is 5.55. The number of ether oxygens (including phenoxy) is 1. The van der Waals surface area contributed by atoms with Crippen LogP contribution in [0.1, 0.15) is 0 Å². The summed E-state index contributed by atoms with van der Waals surface area (Å²) in [6.07, 6.45) is 0. The second-order valence-electron chi connectivity index (χ2n) is 5.37. The second kappa shape index (κ2) is 8.04. The third-order valence-corrected chi connectivity index (χ3v) is 4.49. The van der Waals surface area contributed by atoms with Gasteiger partial charge in [0.05, 0.1) is 18.6 Å². The molecular weight excluding hydrogens is 376 g/mol. The number of nitrogen functional groups attached to an aromatic ring is 1. The molecule has 3 aromatic rings. The first kappa shape index (κ1) is 18.6. The second-order valence-corrected chi connectivity index (χ2v) is 6.31. The number of aromatic nitrogens is 3. The predicted molar refractivity (Wildman–Crippen MR) is 97.9 cm³/mol. The van der Waals surface area contributed by atoms with E-state index in [1.807, 2.05) is 0 Å². The zero-order valence-corrected chi connectivity index (χ0v) is 15.0. The van der Waals surface area contributed by atoms with Crippen LogP contribution in [0.25, 0.3) is 11.4 Å². The van der Waals surface area contributed by atoms with E-state index in [0.717, 1.165) is 35.5 Å². The number of halogens is 2. The van der Waals surface area contributed by atoms with Crippen LogP contribution in [0.15, 0.2) is 47.6 Å². The summed E-state index contributed by atoms with van der Waals surface area (Å²) < 4.78 is 33.1. The normalized spacial score (nSPS) is 10.6. The fourth-order valence-electron chi connectivity index (χ4n) is 2.22. The molecule has 7 nitrogen and oxygen atoms in total. The molecule has 2 aromatic carbocycles. The number of hydrogen-bond donors (Lipinski definition) is 2. The number of nitrogens with zero attached hydrogens (tertiary/aromatic N) is 3. The summed E-state index contributed by atoms with van der Waals surface area (Å²) in [6, 6.07) is 9.90. The lowest BCUT2D eigenvalue weighted by atomic mass is 10.2. The minimum atomic E-state index is -0.724. The van der Waals surface area contributed by atoms with Crippen molar-refractivity contribution in [2.45, 2.75) is 5.16 Å². The van der Waals surface area contributed by atoms with Gasteiger partial charge in [-0.3, -0.25) is 4.79 Å². The minimum Gasteiger partial charge on any atom is -0.497 e. The Morgan fingerprint density at radius 1 is 1.22 bits per heavy atom. The molecule has 0 saturated carbocycles. The molecule has 0 saturated heterocycles. The monoisotopic (exact) mass is 391 g/mol. The molecule has 0 radical (unpaired) electrons. The molecule has 0 bridgehead atoms. The Bertz CT molecular complexity index is 962. The maximum Gasteiger partial charge on any atom is 0.234 e. The quantitative estimate of drug-likeness (QED) is 0.496. The fourth-order valence-corrected chi connectivity index (χ4v) is 2.88. The van der Waals surface area contributed by atoms with Crippen LogP contribution in [0.3, 0.4) is 0 Å². The number of nitrogens with two attached hydrogens (primary N) is 1. The highest BCUT2D eigenvalue weighted by Crippen LogP contribution is 2.24. The lowest BCUT2D eigenvalue weighted by Gasteiger charge is -2.07. The molecule has 140 valence electrons.